The number of fused-ring (bicyclic) bond motifs is 1. The van der Waals surface area contributed by atoms with E-state index < -0.39 is 30.3 Å². The molecule has 0 aliphatic heterocycles. The van der Waals surface area contributed by atoms with Crippen molar-refractivity contribution < 1.29 is 24.6 Å². The lowest BCUT2D eigenvalue weighted by atomic mass is 10.1. The maximum absolute atomic E-state index is 12.0. The summed E-state index contributed by atoms with van der Waals surface area (Å²) in [6.07, 6.45) is -0.672. The largest absolute Gasteiger partial charge is 0.481 e. The number of nitrogens with one attached hydrogen (secondary N) is 1. The minimum atomic E-state index is -1.46. The molecule has 0 bridgehead atoms. The molecule has 2 rings (SSSR count). The number of carbonyl (C=O) groups excluding carboxylic acids is 1. The average molecular weight is 287 g/mol. The van der Waals surface area contributed by atoms with Crippen molar-refractivity contribution in [3.8, 4) is 0 Å². The molecule has 0 heterocycles. The van der Waals surface area contributed by atoms with Crippen LogP contribution < -0.4 is 5.32 Å². The molecule has 1 amide bonds. The van der Waals surface area contributed by atoms with Crippen molar-refractivity contribution in [1.82, 2.24) is 5.32 Å². The van der Waals surface area contributed by atoms with Gasteiger partial charge in [0.2, 0.25) is 0 Å². The number of amides is 1. The number of carboxylic acids is 2. The van der Waals surface area contributed by atoms with Gasteiger partial charge in [-0.25, -0.2) is 4.79 Å². The van der Waals surface area contributed by atoms with Crippen LogP contribution >= 0.6 is 0 Å². The lowest BCUT2D eigenvalue weighted by Gasteiger charge is -2.12. The van der Waals surface area contributed by atoms with Gasteiger partial charge in [-0.05, 0) is 22.9 Å². The van der Waals surface area contributed by atoms with Crippen molar-refractivity contribution in [2.45, 2.75) is 12.5 Å². The van der Waals surface area contributed by atoms with E-state index in [1.807, 2.05) is 24.3 Å². The van der Waals surface area contributed by atoms with Crippen LogP contribution in [0.5, 0.6) is 0 Å². The summed E-state index contributed by atoms with van der Waals surface area (Å²) in [7, 11) is 0. The van der Waals surface area contributed by atoms with Gasteiger partial charge in [-0.3, -0.25) is 9.59 Å². The van der Waals surface area contributed by atoms with Crippen LogP contribution in [0.15, 0.2) is 42.5 Å². The summed E-state index contributed by atoms with van der Waals surface area (Å²) in [6.45, 7) is 0. The van der Waals surface area contributed by atoms with Crippen LogP contribution in [-0.2, 0) is 9.59 Å². The van der Waals surface area contributed by atoms with Crippen LogP contribution in [0.4, 0.5) is 0 Å². The smallest absolute Gasteiger partial charge is 0.326 e. The number of benzene rings is 2. The second-order valence-corrected chi connectivity index (χ2v) is 4.52. The summed E-state index contributed by atoms with van der Waals surface area (Å²) >= 11 is 0. The van der Waals surface area contributed by atoms with Gasteiger partial charge in [-0.2, -0.15) is 0 Å². The number of carboxylic acid groups (broad SMARTS) is 2. The highest BCUT2D eigenvalue weighted by molar-refractivity contribution is 6.00. The second kappa shape index (κ2) is 6.04. The Kier molecular flexibility index (Phi) is 4.18. The average Bonchev–Trinajstić information content (AvgIpc) is 2.45. The van der Waals surface area contributed by atoms with Gasteiger partial charge in [0.1, 0.15) is 6.04 Å². The van der Waals surface area contributed by atoms with E-state index in [0.29, 0.717) is 0 Å². The Balaban J connectivity index is 2.20. The lowest BCUT2D eigenvalue weighted by Crippen LogP contribution is -2.42. The molecule has 6 nitrogen and oxygen atoms in total. The highest BCUT2D eigenvalue weighted by atomic mass is 16.4. The molecule has 0 spiro atoms. The molecule has 2 aromatic carbocycles. The highest BCUT2D eigenvalue weighted by Gasteiger charge is 2.23. The molecule has 0 saturated heterocycles. The van der Waals surface area contributed by atoms with E-state index in [-0.39, 0.29) is 5.56 Å². The number of hydrogen-bond acceptors (Lipinski definition) is 3. The first-order valence-corrected chi connectivity index (χ1v) is 6.21. The van der Waals surface area contributed by atoms with Crippen molar-refractivity contribution in [2.24, 2.45) is 0 Å². The minimum Gasteiger partial charge on any atom is -0.481 e. The maximum Gasteiger partial charge on any atom is 0.326 e. The number of hydrogen-bond donors (Lipinski definition) is 3. The molecule has 0 aliphatic carbocycles. The van der Waals surface area contributed by atoms with E-state index in [0.717, 1.165) is 10.8 Å². The van der Waals surface area contributed by atoms with Crippen molar-refractivity contribution in [3.63, 3.8) is 0 Å². The molecule has 3 N–H and O–H groups in total. The van der Waals surface area contributed by atoms with Gasteiger partial charge in [0, 0.05) is 5.56 Å². The van der Waals surface area contributed by atoms with Gasteiger partial charge in [-0.1, -0.05) is 30.3 Å². The third-order valence-corrected chi connectivity index (χ3v) is 2.99. The zero-order valence-electron chi connectivity index (χ0n) is 10.9. The normalized spacial score (nSPS) is 11.8. The van der Waals surface area contributed by atoms with Crippen LogP contribution in [0, 0.1) is 0 Å². The van der Waals surface area contributed by atoms with Crippen molar-refractivity contribution in [2.75, 3.05) is 0 Å². The SMILES string of the molecule is O=C(O)CC(NC(=O)c1ccc2ccccc2c1)C(=O)O. The predicted molar refractivity (Wildman–Crippen MR) is 75.1 cm³/mol. The summed E-state index contributed by atoms with van der Waals surface area (Å²) in [5.41, 5.74) is 0.283. The van der Waals surface area contributed by atoms with Gasteiger partial charge in [0.05, 0.1) is 6.42 Å². The Labute approximate surface area is 120 Å². The predicted octanol–water partition coefficient (Wildman–Crippen LogP) is 1.50. The zero-order valence-corrected chi connectivity index (χ0v) is 10.9. The van der Waals surface area contributed by atoms with Crippen LogP contribution in [0.1, 0.15) is 16.8 Å². The second-order valence-electron chi connectivity index (χ2n) is 4.52. The summed E-state index contributed by atoms with van der Waals surface area (Å²) < 4.78 is 0. The fraction of sp³-hybridized carbons (Fsp3) is 0.133. The Hall–Kier alpha value is -2.89. The first-order valence-electron chi connectivity index (χ1n) is 6.21. The third-order valence-electron chi connectivity index (χ3n) is 2.99. The van der Waals surface area contributed by atoms with Gasteiger partial charge in [0.15, 0.2) is 0 Å². The molecule has 0 fully saturated rings. The Morgan fingerprint density at radius 3 is 2.29 bits per heavy atom. The summed E-state index contributed by atoms with van der Waals surface area (Å²) in [5.74, 6) is -3.29. The van der Waals surface area contributed by atoms with Crippen LogP contribution in [-0.4, -0.2) is 34.1 Å². The molecule has 108 valence electrons. The summed E-state index contributed by atoms with van der Waals surface area (Å²) in [4.78, 5) is 33.5. The first kappa shape index (κ1) is 14.5. The van der Waals surface area contributed by atoms with E-state index in [1.54, 1.807) is 18.2 Å². The fourth-order valence-corrected chi connectivity index (χ4v) is 1.95. The van der Waals surface area contributed by atoms with Crippen molar-refractivity contribution >= 4 is 28.6 Å². The molecule has 1 atom stereocenters. The molecule has 0 aliphatic rings. The number of carbonyl (C=O) groups is 3. The monoisotopic (exact) mass is 287 g/mol. The Morgan fingerprint density at radius 1 is 1.00 bits per heavy atom. The minimum absolute atomic E-state index is 0.283. The highest BCUT2D eigenvalue weighted by Crippen LogP contribution is 2.15. The van der Waals surface area contributed by atoms with E-state index in [1.165, 1.54) is 0 Å². The first-order chi connectivity index (χ1) is 9.97. The fourth-order valence-electron chi connectivity index (χ4n) is 1.95. The number of rotatable bonds is 5. The standard InChI is InChI=1S/C15H13NO5/c17-13(18)8-12(15(20)21)16-14(19)11-6-5-9-3-1-2-4-10(9)7-11/h1-7,12H,8H2,(H,16,19)(H,17,18)(H,20,21). The maximum atomic E-state index is 12.0. The molecular formula is C15H13NO5. The van der Waals surface area contributed by atoms with Crippen molar-refractivity contribution in [1.29, 1.82) is 0 Å². The van der Waals surface area contributed by atoms with E-state index in [2.05, 4.69) is 5.32 Å². The van der Waals surface area contributed by atoms with Crippen LogP contribution in [0.2, 0.25) is 0 Å². The van der Waals surface area contributed by atoms with Crippen molar-refractivity contribution in [3.05, 3.63) is 48.0 Å². The van der Waals surface area contributed by atoms with Gasteiger partial charge in [0.25, 0.3) is 5.91 Å². The zero-order chi connectivity index (χ0) is 15.4. The quantitative estimate of drug-likeness (QED) is 0.773. The Morgan fingerprint density at radius 2 is 1.67 bits per heavy atom. The number of aliphatic carboxylic acids is 2. The van der Waals surface area contributed by atoms with Gasteiger partial charge >= 0.3 is 11.9 Å². The topological polar surface area (TPSA) is 104 Å². The molecule has 0 aromatic heterocycles. The summed E-state index contributed by atoms with van der Waals surface area (Å²) in [5, 5.41) is 21.6. The van der Waals surface area contributed by atoms with Crippen LogP contribution in [0.25, 0.3) is 10.8 Å². The Bertz CT molecular complexity index is 710. The summed E-state index contributed by atoms with van der Waals surface area (Å²) in [6, 6.07) is 10.9. The molecule has 6 heteroatoms. The molecule has 2 aromatic rings. The van der Waals surface area contributed by atoms with Crippen LogP contribution in [0.3, 0.4) is 0 Å². The van der Waals surface area contributed by atoms with E-state index in [4.69, 9.17) is 10.2 Å². The molecule has 0 saturated carbocycles. The molecule has 1 unspecified atom stereocenters. The van der Waals surface area contributed by atoms with E-state index >= 15 is 0 Å². The molecule has 21 heavy (non-hydrogen) atoms. The third kappa shape index (κ3) is 3.56. The molecular weight excluding hydrogens is 274 g/mol. The molecule has 0 radical (unpaired) electrons. The van der Waals surface area contributed by atoms with Gasteiger partial charge in [-0.15, -0.1) is 0 Å². The lowest BCUT2D eigenvalue weighted by molar-refractivity contribution is -0.145. The van der Waals surface area contributed by atoms with Gasteiger partial charge < -0.3 is 15.5 Å². The van der Waals surface area contributed by atoms with E-state index in [9.17, 15) is 14.4 Å².